The van der Waals surface area contributed by atoms with Crippen LogP contribution in [-0.4, -0.2) is 55.5 Å². The van der Waals surface area contributed by atoms with Crippen molar-refractivity contribution in [1.82, 2.24) is 15.5 Å². The van der Waals surface area contributed by atoms with Gasteiger partial charge in [0.15, 0.2) is 0 Å². The van der Waals surface area contributed by atoms with Crippen LogP contribution in [0.1, 0.15) is 13.3 Å². The molecule has 0 aliphatic carbocycles. The van der Waals surface area contributed by atoms with E-state index in [-0.39, 0.29) is 18.6 Å². The summed E-state index contributed by atoms with van der Waals surface area (Å²) < 4.78 is 0. The second-order valence-corrected chi connectivity index (χ2v) is 5.22. The van der Waals surface area contributed by atoms with E-state index >= 15 is 0 Å². The Bertz CT molecular complexity index is 550. The number of piperazine rings is 1. The predicted octanol–water partition coefficient (Wildman–Crippen LogP) is 1.12. The van der Waals surface area contributed by atoms with Crippen LogP contribution in [-0.2, 0) is 4.79 Å². The number of rotatable bonds is 4. The van der Waals surface area contributed by atoms with E-state index in [0.29, 0.717) is 25.3 Å². The molecule has 2 N–H and O–H groups in total. The molecule has 1 aromatic rings. The molecule has 2 rings (SSSR count). The van der Waals surface area contributed by atoms with Crippen molar-refractivity contribution in [2.24, 2.45) is 0 Å². The predicted molar refractivity (Wildman–Crippen MR) is 87.1 cm³/mol. The van der Waals surface area contributed by atoms with Crippen LogP contribution >= 0.6 is 0 Å². The summed E-state index contributed by atoms with van der Waals surface area (Å²) in [7, 11) is 0. The van der Waals surface area contributed by atoms with Crippen molar-refractivity contribution >= 4 is 24.0 Å². The molecule has 4 amide bonds. The van der Waals surface area contributed by atoms with Crippen molar-refractivity contribution in [2.45, 2.75) is 19.4 Å². The molecule has 7 heteroatoms. The van der Waals surface area contributed by atoms with Crippen molar-refractivity contribution in [3.63, 3.8) is 0 Å². The van der Waals surface area contributed by atoms with E-state index in [0.717, 1.165) is 11.3 Å². The zero-order valence-corrected chi connectivity index (χ0v) is 13.1. The van der Waals surface area contributed by atoms with Gasteiger partial charge in [-0.25, -0.2) is 14.5 Å². The Morgan fingerprint density at radius 1 is 1.39 bits per heavy atom. The first-order chi connectivity index (χ1) is 11.2. The highest BCUT2D eigenvalue weighted by Crippen LogP contribution is 2.18. The Morgan fingerprint density at radius 3 is 2.78 bits per heavy atom. The Morgan fingerprint density at radius 2 is 2.13 bits per heavy atom. The molecular weight excluding hydrogens is 296 g/mol. The largest absolute Gasteiger partial charge is 0.333 e. The van der Waals surface area contributed by atoms with Crippen LogP contribution in [0.3, 0.4) is 0 Å². The van der Waals surface area contributed by atoms with E-state index in [1.165, 1.54) is 0 Å². The van der Waals surface area contributed by atoms with Crippen molar-refractivity contribution in [1.29, 1.82) is 0 Å². The molecule has 1 unspecified atom stereocenters. The summed E-state index contributed by atoms with van der Waals surface area (Å²) in [5, 5.41) is 5.63. The van der Waals surface area contributed by atoms with E-state index in [1.807, 2.05) is 13.0 Å². The normalized spacial score (nSPS) is 17.4. The van der Waals surface area contributed by atoms with Gasteiger partial charge in [-0.3, -0.25) is 4.79 Å². The average molecular weight is 317 g/mol. The summed E-state index contributed by atoms with van der Waals surface area (Å²) in [5.74, 6) is 0. The molecule has 0 spiro atoms. The second kappa shape index (κ2) is 8.28. The van der Waals surface area contributed by atoms with Crippen LogP contribution in [0.15, 0.2) is 30.3 Å². The summed E-state index contributed by atoms with van der Waals surface area (Å²) in [6, 6.07) is 7.71. The summed E-state index contributed by atoms with van der Waals surface area (Å²) in [5.41, 5.74) is 0.467. The Labute approximate surface area is 135 Å². The maximum Gasteiger partial charge on any atom is 0.333 e. The minimum Gasteiger partial charge on any atom is -0.330 e. The highest BCUT2D eigenvalue weighted by molar-refractivity contribution is 6.13. The molecule has 1 atom stereocenters. The average Bonchev–Trinajstić information content (AvgIpc) is 2.60. The van der Waals surface area contributed by atoms with Crippen molar-refractivity contribution in [2.75, 3.05) is 31.1 Å². The first-order valence-electron chi connectivity index (χ1n) is 7.68. The molecule has 1 fully saturated rings. The monoisotopic (exact) mass is 317 g/mol. The zero-order chi connectivity index (χ0) is 16.7. The number of amides is 4. The number of para-hydroxylation sites is 1. The summed E-state index contributed by atoms with van der Waals surface area (Å²) in [4.78, 5) is 38.4. The van der Waals surface area contributed by atoms with E-state index in [9.17, 15) is 14.4 Å². The number of nitrogens with one attached hydrogen (secondary N) is 2. The summed E-state index contributed by atoms with van der Waals surface area (Å²) >= 11 is 0. The van der Waals surface area contributed by atoms with Crippen molar-refractivity contribution < 1.29 is 14.4 Å². The number of anilines is 1. The molecule has 1 aliphatic rings. The van der Waals surface area contributed by atoms with Gasteiger partial charge in [0.25, 0.3) is 0 Å². The third-order valence-corrected chi connectivity index (χ3v) is 3.79. The Hall–Kier alpha value is -2.41. The standard InChI is InChI=1S/C16H21N4O3/c1-2-13-12-17-8-10-19(13)16(23)20(15(22)18-9-11-21)14-6-4-3-5-7-14/h3-7,13,17H,2,8-10,12H2,1H3,(H,18,22). The van der Waals surface area contributed by atoms with Crippen LogP contribution in [0.2, 0.25) is 0 Å². The van der Waals surface area contributed by atoms with Crippen LogP contribution in [0.4, 0.5) is 15.3 Å². The number of hydrogen-bond donors (Lipinski definition) is 2. The lowest BCUT2D eigenvalue weighted by atomic mass is 10.1. The van der Waals surface area contributed by atoms with E-state index in [1.54, 1.807) is 35.5 Å². The fourth-order valence-electron chi connectivity index (χ4n) is 2.59. The molecule has 0 aromatic heterocycles. The number of benzene rings is 1. The number of imide groups is 1. The number of nitrogens with zero attached hydrogens (tertiary/aromatic N) is 2. The highest BCUT2D eigenvalue weighted by atomic mass is 16.2. The molecule has 23 heavy (non-hydrogen) atoms. The Balaban J connectivity index is 2.26. The van der Waals surface area contributed by atoms with Gasteiger partial charge < -0.3 is 15.5 Å². The molecule has 0 saturated carbocycles. The zero-order valence-electron chi connectivity index (χ0n) is 13.1. The fourth-order valence-corrected chi connectivity index (χ4v) is 2.59. The number of urea groups is 2. The topological polar surface area (TPSA) is 81.8 Å². The van der Waals surface area contributed by atoms with Crippen molar-refractivity contribution in [3.05, 3.63) is 30.3 Å². The Kier molecular flexibility index (Phi) is 6.10. The lowest BCUT2D eigenvalue weighted by Crippen LogP contribution is -2.59. The number of hydrogen-bond acceptors (Lipinski definition) is 4. The van der Waals surface area contributed by atoms with Gasteiger partial charge in [0.05, 0.1) is 12.2 Å². The first-order valence-corrected chi connectivity index (χ1v) is 7.68. The maximum atomic E-state index is 12.9. The molecule has 7 nitrogen and oxygen atoms in total. The molecule has 123 valence electrons. The quantitative estimate of drug-likeness (QED) is 0.872. The van der Waals surface area contributed by atoms with Gasteiger partial charge in [0, 0.05) is 25.7 Å². The molecular formula is C16H21N4O3. The van der Waals surface area contributed by atoms with Gasteiger partial charge in [-0.05, 0) is 18.6 Å². The van der Waals surface area contributed by atoms with Gasteiger partial charge in [0.1, 0.15) is 0 Å². The molecule has 1 saturated heterocycles. The molecule has 0 bridgehead atoms. The molecule has 1 aliphatic heterocycles. The summed E-state index contributed by atoms with van der Waals surface area (Å²) in [6.45, 7) is 3.68. The number of carbonyl (C=O) groups is 2. The lowest BCUT2D eigenvalue weighted by molar-refractivity contribution is 0.162. The fraction of sp³-hybridized carbons (Fsp3) is 0.438. The third-order valence-electron chi connectivity index (χ3n) is 3.79. The highest BCUT2D eigenvalue weighted by Gasteiger charge is 2.32. The van der Waals surface area contributed by atoms with Crippen LogP contribution in [0, 0.1) is 0 Å². The van der Waals surface area contributed by atoms with Crippen LogP contribution in [0.25, 0.3) is 0 Å². The summed E-state index contributed by atoms with van der Waals surface area (Å²) in [6.07, 6.45) is 2.40. The smallest absolute Gasteiger partial charge is 0.330 e. The third kappa shape index (κ3) is 4.07. The minimum atomic E-state index is -0.627. The van der Waals surface area contributed by atoms with Gasteiger partial charge in [-0.15, -0.1) is 0 Å². The maximum absolute atomic E-state index is 12.9. The molecule has 1 heterocycles. The van der Waals surface area contributed by atoms with Crippen LogP contribution in [0.5, 0.6) is 0 Å². The first kappa shape index (κ1) is 17.0. The second-order valence-electron chi connectivity index (χ2n) is 5.22. The SMILES string of the molecule is CCC1CNCCN1C(=O)N(C(=O)NC[C]=O)c1ccccc1. The lowest BCUT2D eigenvalue weighted by Gasteiger charge is -2.38. The van der Waals surface area contributed by atoms with Gasteiger partial charge in [-0.1, -0.05) is 25.1 Å². The van der Waals surface area contributed by atoms with Crippen LogP contribution < -0.4 is 15.5 Å². The van der Waals surface area contributed by atoms with Gasteiger partial charge in [0.2, 0.25) is 6.29 Å². The number of carbonyl (C=O) groups excluding carboxylic acids is 3. The molecule has 1 aromatic carbocycles. The van der Waals surface area contributed by atoms with E-state index in [4.69, 9.17) is 0 Å². The van der Waals surface area contributed by atoms with Gasteiger partial charge >= 0.3 is 12.1 Å². The van der Waals surface area contributed by atoms with Crippen molar-refractivity contribution in [3.8, 4) is 0 Å². The van der Waals surface area contributed by atoms with Gasteiger partial charge in [-0.2, -0.15) is 0 Å². The molecule has 1 radical (unpaired) electrons. The van der Waals surface area contributed by atoms with E-state index < -0.39 is 6.03 Å². The minimum absolute atomic E-state index is 0.0351. The van der Waals surface area contributed by atoms with E-state index in [2.05, 4.69) is 10.6 Å².